The van der Waals surface area contributed by atoms with E-state index in [0.717, 1.165) is 48.0 Å². The van der Waals surface area contributed by atoms with Crippen molar-refractivity contribution in [2.24, 2.45) is 24.8 Å². The molecule has 64 heavy (non-hydrogen) atoms. The Balaban J connectivity index is 1.22. The van der Waals surface area contributed by atoms with Gasteiger partial charge >= 0.3 is 0 Å². The maximum atomic E-state index is 16.3. The number of hydrogen-bond acceptors (Lipinski definition) is 8. The van der Waals surface area contributed by atoms with E-state index in [9.17, 15) is 19.2 Å². The molecule has 2 bridgehead atoms. The van der Waals surface area contributed by atoms with Gasteiger partial charge in [-0.2, -0.15) is 0 Å². The van der Waals surface area contributed by atoms with Gasteiger partial charge in [0, 0.05) is 74.2 Å². The molecule has 4 aromatic rings. The number of carbonyl (C=O) groups is 4. The van der Waals surface area contributed by atoms with E-state index in [1.165, 1.54) is 18.1 Å². The maximum Gasteiger partial charge on any atom is 0.228 e. The van der Waals surface area contributed by atoms with E-state index in [0.29, 0.717) is 43.1 Å². The fourth-order valence-electron chi connectivity index (χ4n) is 9.57. The zero-order valence-electron chi connectivity index (χ0n) is 37.6. The number of rotatable bonds is 12. The predicted octanol–water partition coefficient (Wildman–Crippen LogP) is 8.21. The first-order valence-electron chi connectivity index (χ1n) is 22.1. The zero-order chi connectivity index (χ0) is 45.9. The van der Waals surface area contributed by atoms with Crippen LogP contribution in [-0.4, -0.2) is 112 Å². The van der Waals surface area contributed by atoms with E-state index in [-0.39, 0.29) is 66.6 Å². The summed E-state index contributed by atoms with van der Waals surface area (Å²) in [5.74, 6) is -2.22. The standard InChI is InChI=1S/C49H59Cl2FN6O6/c1-31-43(59)21-35(29-63-6)47(61)56(5)49(25-32-11-15-36(50)16-12-32)19-8-20-57(30-49)48(62)39(33-9-7-10-33)24-46(60)58(31)27-40-41(52)22-37(51)23-44(40)64-38-17-13-34(14-18-38)42-26-53-45(55(42)4)28-54(2)3/h11-18,22-23,26,31,33,35,39H,7-10,19-21,24-25,27-30H2,1-6H3/t31-,35-,39-,49+/m0/s1. The number of Topliss-reactive ketones (excluding diaryl/α,β-unsaturated/α-hetero) is 1. The summed E-state index contributed by atoms with van der Waals surface area (Å²) in [5, 5.41) is 0.679. The number of ketones is 1. The number of aromatic nitrogens is 2. The highest BCUT2D eigenvalue weighted by Gasteiger charge is 2.47. The summed E-state index contributed by atoms with van der Waals surface area (Å²) in [6.07, 6.45) is 5.70. The Hall–Kier alpha value is -4.82. The Labute approximate surface area is 385 Å². The number of fused-ring (bicyclic) bond motifs is 2. The average molecular weight is 918 g/mol. The molecule has 3 aromatic carbocycles. The molecular formula is C49H59Cl2FN6O6. The van der Waals surface area contributed by atoms with E-state index in [1.54, 1.807) is 31.0 Å². The van der Waals surface area contributed by atoms with Crippen molar-refractivity contribution in [2.75, 3.05) is 47.9 Å². The van der Waals surface area contributed by atoms with Crippen molar-refractivity contribution in [3.63, 3.8) is 0 Å². The number of benzene rings is 3. The van der Waals surface area contributed by atoms with Crippen molar-refractivity contribution in [2.45, 2.75) is 83.0 Å². The molecule has 12 nitrogen and oxygen atoms in total. The smallest absolute Gasteiger partial charge is 0.228 e. The molecular weight excluding hydrogens is 858 g/mol. The van der Waals surface area contributed by atoms with Crippen LogP contribution in [-0.2, 0) is 50.5 Å². The van der Waals surface area contributed by atoms with Crippen molar-refractivity contribution < 1.29 is 33.0 Å². The summed E-state index contributed by atoms with van der Waals surface area (Å²) in [4.78, 5) is 70.5. The quantitative estimate of drug-likeness (QED) is 0.140. The second-order valence-electron chi connectivity index (χ2n) is 18.2. The van der Waals surface area contributed by atoms with Crippen LogP contribution in [0.1, 0.15) is 68.8 Å². The fourth-order valence-corrected chi connectivity index (χ4v) is 9.89. The Bertz CT molecular complexity index is 2340. The summed E-state index contributed by atoms with van der Waals surface area (Å²) < 4.78 is 30.2. The van der Waals surface area contributed by atoms with E-state index in [1.807, 2.05) is 78.1 Å². The molecule has 3 heterocycles. The van der Waals surface area contributed by atoms with Gasteiger partial charge in [-0.3, -0.25) is 19.2 Å². The molecule has 0 radical (unpaired) electrons. The SMILES string of the molecule is COC[C@@H]1CC(=O)[C@H](C)N(Cc2c(F)cc(Cl)cc2Oc2ccc(-c3cnc(CN(C)C)n3C)cc2)C(=O)C[C@@H](C2CCC2)C(=O)N2CCC[C@@](Cc3ccc(Cl)cc3)(C2)N(C)C1=O. The minimum absolute atomic E-state index is 0.0151. The van der Waals surface area contributed by atoms with Crippen molar-refractivity contribution in [3.8, 4) is 22.8 Å². The number of nitrogens with zero attached hydrogens (tertiary/aromatic N) is 6. The van der Waals surface area contributed by atoms with Crippen molar-refractivity contribution in [3.05, 3.63) is 99.7 Å². The first-order valence-corrected chi connectivity index (χ1v) is 22.9. The topological polar surface area (TPSA) is 118 Å². The lowest BCUT2D eigenvalue weighted by molar-refractivity contribution is -0.155. The highest BCUT2D eigenvalue weighted by molar-refractivity contribution is 6.31. The maximum absolute atomic E-state index is 16.3. The van der Waals surface area contributed by atoms with Crippen LogP contribution >= 0.6 is 23.2 Å². The minimum atomic E-state index is -1.11. The van der Waals surface area contributed by atoms with Crippen LogP contribution in [0.3, 0.4) is 0 Å². The Morgan fingerprint density at radius 1 is 0.922 bits per heavy atom. The van der Waals surface area contributed by atoms with Gasteiger partial charge in [0.1, 0.15) is 23.1 Å². The third-order valence-corrected chi connectivity index (χ3v) is 14.0. The van der Waals surface area contributed by atoms with E-state index >= 15 is 4.39 Å². The Kier molecular flexibility index (Phi) is 14.8. The molecule has 3 aliphatic rings. The third kappa shape index (κ3) is 10.3. The molecule has 0 unspecified atom stereocenters. The normalized spacial score (nSPS) is 22.8. The van der Waals surface area contributed by atoms with E-state index in [2.05, 4.69) is 4.98 Å². The van der Waals surface area contributed by atoms with Crippen LogP contribution in [0.15, 0.2) is 66.9 Å². The van der Waals surface area contributed by atoms with Gasteiger partial charge in [0.25, 0.3) is 0 Å². The predicted molar refractivity (Wildman–Crippen MR) is 244 cm³/mol. The highest BCUT2D eigenvalue weighted by atomic mass is 35.5. The van der Waals surface area contributed by atoms with Crippen LogP contribution in [0.25, 0.3) is 11.3 Å². The molecule has 1 saturated carbocycles. The number of ether oxygens (including phenoxy) is 2. The summed E-state index contributed by atoms with van der Waals surface area (Å²) in [6.45, 7) is 2.63. The highest BCUT2D eigenvalue weighted by Crippen LogP contribution is 2.41. The van der Waals surface area contributed by atoms with Gasteiger partial charge < -0.3 is 33.6 Å². The van der Waals surface area contributed by atoms with Gasteiger partial charge in [0.15, 0.2) is 5.78 Å². The van der Waals surface area contributed by atoms with Crippen molar-refractivity contribution in [1.29, 1.82) is 0 Å². The van der Waals surface area contributed by atoms with Gasteiger partial charge in [-0.15, -0.1) is 0 Å². The zero-order valence-corrected chi connectivity index (χ0v) is 39.1. The second kappa shape index (κ2) is 20.1. The monoisotopic (exact) mass is 916 g/mol. The second-order valence-corrected chi connectivity index (χ2v) is 19.0. The van der Waals surface area contributed by atoms with Crippen LogP contribution < -0.4 is 4.74 Å². The molecule has 1 aliphatic carbocycles. The van der Waals surface area contributed by atoms with Crippen molar-refractivity contribution >= 4 is 46.7 Å². The Morgan fingerprint density at radius 3 is 2.30 bits per heavy atom. The number of amides is 3. The fraction of sp³-hybridized carbons (Fsp3) is 0.490. The molecule has 3 amide bonds. The number of hydrogen-bond donors (Lipinski definition) is 0. The van der Waals surface area contributed by atoms with Crippen LogP contribution in [0, 0.1) is 23.6 Å². The molecule has 15 heteroatoms. The van der Waals surface area contributed by atoms with Crippen molar-refractivity contribution in [1.82, 2.24) is 29.2 Å². The molecule has 2 saturated heterocycles. The molecule has 3 fully saturated rings. The number of carbonyl (C=O) groups excluding carboxylic acids is 4. The van der Waals surface area contributed by atoms with Gasteiger partial charge in [-0.05, 0) is 113 Å². The lowest BCUT2D eigenvalue weighted by Gasteiger charge is -2.50. The summed E-state index contributed by atoms with van der Waals surface area (Å²) in [7, 11) is 9.16. The summed E-state index contributed by atoms with van der Waals surface area (Å²) >= 11 is 12.7. The van der Waals surface area contributed by atoms with Gasteiger partial charge in [-0.1, -0.05) is 41.8 Å². The number of halogens is 3. The number of likely N-dealkylation sites (N-methyl/N-ethyl adjacent to an activating group) is 1. The van der Waals surface area contributed by atoms with Crippen LogP contribution in [0.4, 0.5) is 4.39 Å². The lowest BCUT2D eigenvalue weighted by atomic mass is 9.73. The van der Waals surface area contributed by atoms with Gasteiger partial charge in [0.2, 0.25) is 17.7 Å². The molecule has 342 valence electrons. The Morgan fingerprint density at radius 2 is 1.64 bits per heavy atom. The lowest BCUT2D eigenvalue weighted by Crippen LogP contribution is -2.63. The van der Waals surface area contributed by atoms with Gasteiger partial charge in [-0.25, -0.2) is 9.37 Å². The first kappa shape index (κ1) is 47.2. The number of piperidine rings is 1. The molecule has 0 spiro atoms. The molecule has 0 N–H and O–H groups in total. The summed E-state index contributed by atoms with van der Waals surface area (Å²) in [6, 6.07) is 16.3. The van der Waals surface area contributed by atoms with E-state index < -0.39 is 40.9 Å². The van der Waals surface area contributed by atoms with Crippen LogP contribution in [0.5, 0.6) is 11.5 Å². The van der Waals surface area contributed by atoms with E-state index in [4.69, 9.17) is 32.7 Å². The largest absolute Gasteiger partial charge is 0.457 e. The molecule has 2 aliphatic heterocycles. The summed E-state index contributed by atoms with van der Waals surface area (Å²) in [5.41, 5.74) is 2.00. The first-order chi connectivity index (χ1) is 30.6. The number of imidazole rings is 1. The minimum Gasteiger partial charge on any atom is -0.457 e. The third-order valence-electron chi connectivity index (χ3n) is 13.6. The molecule has 4 atom stereocenters. The van der Waals surface area contributed by atoms with Gasteiger partial charge in [0.05, 0.1) is 49.1 Å². The molecule has 1 aromatic heterocycles. The average Bonchev–Trinajstić information content (AvgIpc) is 3.60. The number of methoxy groups -OCH3 is 1. The van der Waals surface area contributed by atoms with Crippen LogP contribution in [0.2, 0.25) is 10.0 Å². The molecule has 7 rings (SSSR count).